The molecule has 1 aromatic carbocycles. The molecule has 0 bridgehead atoms. The summed E-state index contributed by atoms with van der Waals surface area (Å²) in [5.41, 5.74) is 6.31. The first-order valence-electron chi connectivity index (χ1n) is 6.44. The monoisotopic (exact) mass is 294 g/mol. The van der Waals surface area contributed by atoms with E-state index < -0.39 is 29.9 Å². The molecule has 0 saturated carbocycles. The van der Waals surface area contributed by atoms with Gasteiger partial charge in [0.05, 0.1) is 6.04 Å². The zero-order valence-electron chi connectivity index (χ0n) is 11.4. The Morgan fingerprint density at radius 2 is 1.76 bits per heavy atom. The maximum Gasteiger partial charge on any atom is 0.326 e. The number of benzene rings is 1. The molecule has 0 aromatic heterocycles. The van der Waals surface area contributed by atoms with Crippen molar-refractivity contribution in [3.8, 4) is 0 Å². The molecule has 2 atom stereocenters. The van der Waals surface area contributed by atoms with E-state index in [4.69, 9.17) is 15.9 Å². The molecule has 0 fully saturated rings. The lowest BCUT2D eigenvalue weighted by Crippen LogP contribution is -2.49. The predicted octanol–water partition coefficient (Wildman–Crippen LogP) is -0.00940. The Morgan fingerprint density at radius 3 is 2.29 bits per heavy atom. The number of amides is 1. The van der Waals surface area contributed by atoms with E-state index in [0.717, 1.165) is 5.56 Å². The Morgan fingerprint density at radius 1 is 1.14 bits per heavy atom. The van der Waals surface area contributed by atoms with Crippen LogP contribution in [0.5, 0.6) is 0 Å². The molecule has 0 saturated heterocycles. The lowest BCUT2D eigenvalue weighted by Gasteiger charge is -2.17. The highest BCUT2D eigenvalue weighted by Crippen LogP contribution is 2.04. The van der Waals surface area contributed by atoms with E-state index in [9.17, 15) is 14.4 Å². The lowest BCUT2D eigenvalue weighted by atomic mass is 10.0. The Kier molecular flexibility index (Phi) is 6.35. The van der Waals surface area contributed by atoms with E-state index in [2.05, 4.69) is 5.32 Å². The minimum Gasteiger partial charge on any atom is -0.481 e. The molecule has 1 aromatic rings. The van der Waals surface area contributed by atoms with Gasteiger partial charge in [0.2, 0.25) is 5.91 Å². The van der Waals surface area contributed by atoms with Gasteiger partial charge in [0.25, 0.3) is 0 Å². The van der Waals surface area contributed by atoms with Gasteiger partial charge in [-0.05, 0) is 12.0 Å². The van der Waals surface area contributed by atoms with Crippen LogP contribution in [-0.2, 0) is 20.8 Å². The number of nitrogens with one attached hydrogen (secondary N) is 1. The van der Waals surface area contributed by atoms with Gasteiger partial charge in [-0.2, -0.15) is 0 Å². The first kappa shape index (κ1) is 16.6. The molecule has 114 valence electrons. The third kappa shape index (κ3) is 6.05. The van der Waals surface area contributed by atoms with Crippen molar-refractivity contribution < 1.29 is 24.6 Å². The first-order chi connectivity index (χ1) is 9.90. The number of hydrogen-bond acceptors (Lipinski definition) is 4. The summed E-state index contributed by atoms with van der Waals surface area (Å²) in [6.07, 6.45) is -0.155. The van der Waals surface area contributed by atoms with Gasteiger partial charge < -0.3 is 21.3 Å². The summed E-state index contributed by atoms with van der Waals surface area (Å²) in [5, 5.41) is 20.0. The molecule has 1 rings (SSSR count). The number of carbonyl (C=O) groups is 3. The van der Waals surface area contributed by atoms with Crippen LogP contribution in [0, 0.1) is 0 Å². The number of hydrogen-bond donors (Lipinski definition) is 4. The molecule has 1 amide bonds. The van der Waals surface area contributed by atoms with Gasteiger partial charge in [-0.15, -0.1) is 0 Å². The van der Waals surface area contributed by atoms with Crippen molar-refractivity contribution >= 4 is 17.8 Å². The van der Waals surface area contributed by atoms with Gasteiger partial charge in [0, 0.05) is 12.8 Å². The molecule has 0 aliphatic heterocycles. The standard InChI is InChI=1S/C14H18N2O5/c15-10(6-7-12(17)18)13(19)16-11(14(20)21)8-9-4-2-1-3-5-9/h1-5,10-11H,6-8,15H2,(H,16,19)(H,17,18)(H,20,21)/t10-,11-/m0/s1. The Hall–Kier alpha value is -2.41. The van der Waals surface area contributed by atoms with Crippen LogP contribution in [0.3, 0.4) is 0 Å². The smallest absolute Gasteiger partial charge is 0.326 e. The highest BCUT2D eigenvalue weighted by atomic mass is 16.4. The molecule has 7 heteroatoms. The van der Waals surface area contributed by atoms with Crippen molar-refractivity contribution in [3.63, 3.8) is 0 Å². The summed E-state index contributed by atoms with van der Waals surface area (Å²) >= 11 is 0. The maximum absolute atomic E-state index is 11.8. The number of carboxylic acids is 2. The highest BCUT2D eigenvalue weighted by Gasteiger charge is 2.23. The fourth-order valence-electron chi connectivity index (χ4n) is 1.74. The van der Waals surface area contributed by atoms with Gasteiger partial charge in [-0.1, -0.05) is 30.3 Å². The molecule has 0 spiro atoms. The average molecular weight is 294 g/mol. The molecule has 0 aliphatic carbocycles. The molecular weight excluding hydrogens is 276 g/mol. The van der Waals surface area contributed by atoms with Crippen LogP contribution in [0.15, 0.2) is 30.3 Å². The maximum atomic E-state index is 11.8. The van der Waals surface area contributed by atoms with Gasteiger partial charge in [0.1, 0.15) is 6.04 Å². The van der Waals surface area contributed by atoms with E-state index in [1.165, 1.54) is 0 Å². The van der Waals surface area contributed by atoms with Crippen molar-refractivity contribution in [2.75, 3.05) is 0 Å². The van der Waals surface area contributed by atoms with Crippen molar-refractivity contribution in [3.05, 3.63) is 35.9 Å². The molecule has 21 heavy (non-hydrogen) atoms. The summed E-state index contributed by atoms with van der Waals surface area (Å²) in [5.74, 6) is -2.89. The minimum atomic E-state index is -1.17. The summed E-state index contributed by atoms with van der Waals surface area (Å²) in [6, 6.07) is 6.72. The Labute approximate surface area is 121 Å². The van der Waals surface area contributed by atoms with E-state index in [0.29, 0.717) is 0 Å². The summed E-state index contributed by atoms with van der Waals surface area (Å²) < 4.78 is 0. The third-order valence-corrected chi connectivity index (χ3v) is 2.90. The van der Waals surface area contributed by atoms with E-state index >= 15 is 0 Å². The van der Waals surface area contributed by atoms with Crippen LogP contribution in [0.2, 0.25) is 0 Å². The normalized spacial score (nSPS) is 13.2. The number of aliphatic carboxylic acids is 2. The largest absolute Gasteiger partial charge is 0.481 e. The zero-order valence-corrected chi connectivity index (χ0v) is 11.4. The topological polar surface area (TPSA) is 130 Å². The van der Waals surface area contributed by atoms with E-state index in [1.807, 2.05) is 0 Å². The van der Waals surface area contributed by atoms with Gasteiger partial charge >= 0.3 is 11.9 Å². The van der Waals surface area contributed by atoms with E-state index in [-0.39, 0.29) is 19.3 Å². The van der Waals surface area contributed by atoms with E-state index in [1.54, 1.807) is 30.3 Å². The van der Waals surface area contributed by atoms with Crippen LogP contribution in [-0.4, -0.2) is 40.1 Å². The fraction of sp³-hybridized carbons (Fsp3) is 0.357. The van der Waals surface area contributed by atoms with Crippen molar-refractivity contribution in [1.29, 1.82) is 0 Å². The van der Waals surface area contributed by atoms with Gasteiger partial charge in [0.15, 0.2) is 0 Å². The minimum absolute atomic E-state index is 0.0428. The molecule has 0 radical (unpaired) electrons. The second kappa shape index (κ2) is 8.01. The van der Waals surface area contributed by atoms with Crippen LogP contribution in [0.1, 0.15) is 18.4 Å². The number of carboxylic acid groups (broad SMARTS) is 2. The SMILES string of the molecule is N[C@@H](CCC(=O)O)C(=O)N[C@@H](Cc1ccccc1)C(=O)O. The third-order valence-electron chi connectivity index (χ3n) is 2.90. The molecule has 0 unspecified atom stereocenters. The van der Waals surface area contributed by atoms with Crippen molar-refractivity contribution in [2.24, 2.45) is 5.73 Å². The average Bonchev–Trinajstić information content (AvgIpc) is 2.44. The molecular formula is C14H18N2O5. The molecule has 5 N–H and O–H groups in total. The summed E-state index contributed by atoms with van der Waals surface area (Å²) in [7, 11) is 0. The quantitative estimate of drug-likeness (QED) is 0.533. The fourth-order valence-corrected chi connectivity index (χ4v) is 1.74. The van der Waals surface area contributed by atoms with Crippen LogP contribution in [0.25, 0.3) is 0 Å². The number of nitrogens with two attached hydrogens (primary N) is 1. The molecule has 0 heterocycles. The second-order valence-corrected chi connectivity index (χ2v) is 4.63. The first-order valence-corrected chi connectivity index (χ1v) is 6.44. The van der Waals surface area contributed by atoms with Crippen LogP contribution >= 0.6 is 0 Å². The predicted molar refractivity (Wildman–Crippen MR) is 74.6 cm³/mol. The Bertz CT molecular complexity index is 503. The lowest BCUT2D eigenvalue weighted by molar-refractivity contribution is -0.142. The summed E-state index contributed by atoms with van der Waals surface area (Å²) in [6.45, 7) is 0. The number of carbonyl (C=O) groups excluding carboxylic acids is 1. The Balaban J connectivity index is 2.60. The van der Waals surface area contributed by atoms with Crippen molar-refractivity contribution in [1.82, 2.24) is 5.32 Å². The van der Waals surface area contributed by atoms with Gasteiger partial charge in [-0.3, -0.25) is 9.59 Å². The number of rotatable bonds is 8. The van der Waals surface area contributed by atoms with Crippen LogP contribution in [0.4, 0.5) is 0 Å². The highest BCUT2D eigenvalue weighted by molar-refractivity contribution is 5.87. The summed E-state index contributed by atoms with van der Waals surface area (Å²) in [4.78, 5) is 33.4. The van der Waals surface area contributed by atoms with Gasteiger partial charge in [-0.25, -0.2) is 4.79 Å². The van der Waals surface area contributed by atoms with Crippen molar-refractivity contribution in [2.45, 2.75) is 31.3 Å². The zero-order chi connectivity index (χ0) is 15.8. The second-order valence-electron chi connectivity index (χ2n) is 4.63. The molecule has 7 nitrogen and oxygen atoms in total. The van der Waals surface area contributed by atoms with Crippen LogP contribution < -0.4 is 11.1 Å². The molecule has 0 aliphatic rings.